The lowest BCUT2D eigenvalue weighted by Crippen LogP contribution is -2.50. The van der Waals surface area contributed by atoms with Crippen LogP contribution in [0.2, 0.25) is 0 Å². The molecule has 0 bridgehead atoms. The highest BCUT2D eigenvalue weighted by molar-refractivity contribution is 5.84. The third-order valence-corrected chi connectivity index (χ3v) is 4.17. The largest absolute Gasteiger partial charge is 0.491 e. The number of amides is 1. The van der Waals surface area contributed by atoms with E-state index in [2.05, 4.69) is 11.4 Å². The van der Waals surface area contributed by atoms with Crippen molar-refractivity contribution in [2.45, 2.75) is 46.3 Å². The molecule has 1 atom stereocenters. The Kier molecular flexibility index (Phi) is 6.46. The van der Waals surface area contributed by atoms with Gasteiger partial charge in [-0.2, -0.15) is 5.26 Å². The minimum Gasteiger partial charge on any atom is -0.491 e. The number of hydrogen-bond donors (Lipinski definition) is 1. The molecule has 2 aromatic rings. The first-order chi connectivity index (χ1) is 12.7. The SMILES string of the molecule is Cc1cccc(C)c1OCC(C)NC(=O)C(C)(C)Oc1ccc(C#N)cc1. The highest BCUT2D eigenvalue weighted by Gasteiger charge is 2.31. The van der Waals surface area contributed by atoms with Crippen LogP contribution in [0.25, 0.3) is 0 Å². The van der Waals surface area contributed by atoms with E-state index in [1.54, 1.807) is 38.1 Å². The molecule has 0 saturated heterocycles. The van der Waals surface area contributed by atoms with Crippen LogP contribution in [0.1, 0.15) is 37.5 Å². The fraction of sp³-hybridized carbons (Fsp3) is 0.364. The molecule has 0 aromatic heterocycles. The first kappa shape index (κ1) is 20.3. The Labute approximate surface area is 160 Å². The number of ether oxygens (including phenoxy) is 2. The van der Waals surface area contributed by atoms with E-state index in [0.717, 1.165) is 16.9 Å². The molecule has 2 aromatic carbocycles. The molecule has 0 saturated carbocycles. The highest BCUT2D eigenvalue weighted by Crippen LogP contribution is 2.23. The summed E-state index contributed by atoms with van der Waals surface area (Å²) in [4.78, 5) is 12.6. The molecule has 0 spiro atoms. The number of nitriles is 1. The number of nitrogens with one attached hydrogen (secondary N) is 1. The Morgan fingerprint density at radius 3 is 2.30 bits per heavy atom. The summed E-state index contributed by atoms with van der Waals surface area (Å²) in [5.74, 6) is 1.16. The van der Waals surface area contributed by atoms with Gasteiger partial charge >= 0.3 is 0 Å². The van der Waals surface area contributed by atoms with E-state index in [0.29, 0.717) is 17.9 Å². The Hall–Kier alpha value is -3.00. The molecule has 5 heteroatoms. The quantitative estimate of drug-likeness (QED) is 0.806. The minimum absolute atomic E-state index is 0.180. The summed E-state index contributed by atoms with van der Waals surface area (Å²) in [7, 11) is 0. The minimum atomic E-state index is -1.05. The smallest absolute Gasteiger partial charge is 0.263 e. The van der Waals surface area contributed by atoms with Crippen LogP contribution >= 0.6 is 0 Å². The lowest BCUT2D eigenvalue weighted by molar-refractivity contribution is -0.135. The number of benzene rings is 2. The summed E-state index contributed by atoms with van der Waals surface area (Å²) in [5, 5.41) is 11.8. The second-order valence-electron chi connectivity index (χ2n) is 7.15. The van der Waals surface area contributed by atoms with E-state index in [4.69, 9.17) is 14.7 Å². The zero-order valence-electron chi connectivity index (χ0n) is 16.5. The summed E-state index contributed by atoms with van der Waals surface area (Å²) in [6.45, 7) is 9.67. The molecule has 142 valence electrons. The van der Waals surface area contributed by atoms with Crippen molar-refractivity contribution in [1.82, 2.24) is 5.32 Å². The van der Waals surface area contributed by atoms with E-state index >= 15 is 0 Å². The Balaban J connectivity index is 1.92. The molecule has 2 rings (SSSR count). The van der Waals surface area contributed by atoms with Gasteiger partial charge in [0.15, 0.2) is 5.60 Å². The van der Waals surface area contributed by atoms with E-state index in [9.17, 15) is 4.79 Å². The van der Waals surface area contributed by atoms with E-state index in [1.165, 1.54) is 0 Å². The second kappa shape index (κ2) is 8.59. The zero-order valence-corrected chi connectivity index (χ0v) is 16.5. The molecular weight excluding hydrogens is 340 g/mol. The van der Waals surface area contributed by atoms with Crippen molar-refractivity contribution in [2.24, 2.45) is 0 Å². The van der Waals surface area contributed by atoms with Gasteiger partial charge in [-0.1, -0.05) is 18.2 Å². The maximum atomic E-state index is 12.6. The Bertz CT molecular complexity index is 815. The predicted molar refractivity (Wildman–Crippen MR) is 105 cm³/mol. The van der Waals surface area contributed by atoms with Crippen LogP contribution in [-0.4, -0.2) is 24.2 Å². The van der Waals surface area contributed by atoms with Crippen LogP contribution in [0.15, 0.2) is 42.5 Å². The number of carbonyl (C=O) groups excluding carboxylic acids is 1. The molecule has 27 heavy (non-hydrogen) atoms. The van der Waals surface area contributed by atoms with Crippen molar-refractivity contribution >= 4 is 5.91 Å². The molecule has 5 nitrogen and oxygen atoms in total. The summed E-state index contributed by atoms with van der Waals surface area (Å²) in [6.07, 6.45) is 0. The molecular formula is C22H26N2O3. The van der Waals surface area contributed by atoms with Crippen LogP contribution in [-0.2, 0) is 4.79 Å². The predicted octanol–water partition coefficient (Wildman–Crippen LogP) is 3.92. The van der Waals surface area contributed by atoms with E-state index in [1.807, 2.05) is 39.0 Å². The van der Waals surface area contributed by atoms with Crippen LogP contribution in [0, 0.1) is 25.2 Å². The molecule has 0 heterocycles. The number of para-hydroxylation sites is 1. The molecule has 0 aliphatic rings. The fourth-order valence-corrected chi connectivity index (χ4v) is 2.61. The third-order valence-electron chi connectivity index (χ3n) is 4.17. The van der Waals surface area contributed by atoms with E-state index < -0.39 is 5.60 Å². The van der Waals surface area contributed by atoms with Gasteiger partial charge in [-0.3, -0.25) is 4.79 Å². The second-order valence-corrected chi connectivity index (χ2v) is 7.15. The number of hydrogen-bond acceptors (Lipinski definition) is 4. The molecule has 0 fully saturated rings. The highest BCUT2D eigenvalue weighted by atomic mass is 16.5. The number of aryl methyl sites for hydroxylation is 2. The summed E-state index contributed by atoms with van der Waals surface area (Å²) in [5.41, 5.74) is 1.62. The van der Waals surface area contributed by atoms with Gasteiger partial charge in [0.25, 0.3) is 5.91 Å². The number of rotatable bonds is 7. The van der Waals surface area contributed by atoms with E-state index in [-0.39, 0.29) is 11.9 Å². The van der Waals surface area contributed by atoms with Crippen LogP contribution in [0.3, 0.4) is 0 Å². The topological polar surface area (TPSA) is 71.3 Å². The number of carbonyl (C=O) groups is 1. The number of nitrogens with zero attached hydrogens (tertiary/aromatic N) is 1. The molecule has 0 aliphatic heterocycles. The summed E-state index contributed by atoms with van der Waals surface area (Å²) < 4.78 is 11.7. The average molecular weight is 366 g/mol. The third kappa shape index (κ3) is 5.49. The van der Waals surface area contributed by atoms with Crippen molar-refractivity contribution in [2.75, 3.05) is 6.61 Å². The summed E-state index contributed by atoms with van der Waals surface area (Å²) >= 11 is 0. The van der Waals surface area contributed by atoms with Gasteiger partial charge in [-0.25, -0.2) is 0 Å². The normalized spacial score (nSPS) is 12.0. The van der Waals surface area contributed by atoms with Gasteiger partial charge in [-0.15, -0.1) is 0 Å². The average Bonchev–Trinajstić information content (AvgIpc) is 2.61. The van der Waals surface area contributed by atoms with Crippen LogP contribution in [0.5, 0.6) is 11.5 Å². The Morgan fingerprint density at radius 1 is 1.15 bits per heavy atom. The molecule has 1 amide bonds. The monoisotopic (exact) mass is 366 g/mol. The molecule has 0 radical (unpaired) electrons. The molecule has 1 N–H and O–H groups in total. The van der Waals surface area contributed by atoms with Crippen molar-refractivity contribution in [3.63, 3.8) is 0 Å². The van der Waals surface area contributed by atoms with Crippen molar-refractivity contribution < 1.29 is 14.3 Å². The molecule has 0 aliphatic carbocycles. The molecule has 1 unspecified atom stereocenters. The fourth-order valence-electron chi connectivity index (χ4n) is 2.61. The lowest BCUT2D eigenvalue weighted by Gasteiger charge is -2.27. The van der Waals surface area contributed by atoms with Gasteiger partial charge in [0.1, 0.15) is 18.1 Å². The van der Waals surface area contributed by atoms with Gasteiger partial charge < -0.3 is 14.8 Å². The summed E-state index contributed by atoms with van der Waals surface area (Å²) in [6, 6.07) is 14.5. The van der Waals surface area contributed by atoms with Gasteiger partial charge in [0, 0.05) is 0 Å². The van der Waals surface area contributed by atoms with Gasteiger partial charge in [0.2, 0.25) is 0 Å². The first-order valence-corrected chi connectivity index (χ1v) is 8.92. The van der Waals surface area contributed by atoms with Crippen molar-refractivity contribution in [3.05, 3.63) is 59.2 Å². The van der Waals surface area contributed by atoms with Gasteiger partial charge in [0.05, 0.1) is 17.7 Å². The van der Waals surface area contributed by atoms with Crippen LogP contribution in [0.4, 0.5) is 0 Å². The van der Waals surface area contributed by atoms with Crippen LogP contribution < -0.4 is 14.8 Å². The van der Waals surface area contributed by atoms with Crippen molar-refractivity contribution in [1.29, 1.82) is 5.26 Å². The van der Waals surface area contributed by atoms with Crippen molar-refractivity contribution in [3.8, 4) is 17.6 Å². The zero-order chi connectivity index (χ0) is 20.0. The lowest BCUT2D eigenvalue weighted by atomic mass is 10.1. The maximum Gasteiger partial charge on any atom is 0.263 e. The standard InChI is InChI=1S/C22H26N2O3/c1-15-7-6-8-16(2)20(15)26-14-17(3)24-21(25)22(4,5)27-19-11-9-18(13-23)10-12-19/h6-12,17H,14H2,1-5H3,(H,24,25). The first-order valence-electron chi connectivity index (χ1n) is 8.92. The Morgan fingerprint density at radius 2 is 1.74 bits per heavy atom. The maximum absolute atomic E-state index is 12.6. The van der Waals surface area contributed by atoms with Gasteiger partial charge in [-0.05, 0) is 70.0 Å².